The van der Waals surface area contributed by atoms with E-state index >= 15 is 4.39 Å². The lowest BCUT2D eigenvalue weighted by molar-refractivity contribution is 0.112. The maximum Gasteiger partial charge on any atom is 0.130 e. The Balaban J connectivity index is 1.33. The average Bonchev–Trinajstić information content (AvgIpc) is 2.80. The second-order valence-corrected chi connectivity index (χ2v) is 11.4. The third-order valence-electron chi connectivity index (χ3n) is 9.27. The molecule has 0 bridgehead atoms. The smallest absolute Gasteiger partial charge is 0.130 e. The van der Waals surface area contributed by atoms with Gasteiger partial charge in [0.1, 0.15) is 5.82 Å². The number of fused-ring (bicyclic) bond motifs is 2. The minimum Gasteiger partial charge on any atom is -0.206 e. The van der Waals surface area contributed by atoms with Crippen LogP contribution in [0.15, 0.2) is 12.1 Å². The van der Waals surface area contributed by atoms with E-state index in [0.29, 0.717) is 5.92 Å². The lowest BCUT2D eigenvalue weighted by Gasteiger charge is -2.42. The van der Waals surface area contributed by atoms with Gasteiger partial charge in [-0.15, -0.1) is 0 Å². The Labute approximate surface area is 191 Å². The number of halogens is 1. The van der Waals surface area contributed by atoms with E-state index < -0.39 is 0 Å². The molecule has 5 unspecified atom stereocenters. The van der Waals surface area contributed by atoms with Gasteiger partial charge in [-0.05, 0) is 97.6 Å². The molecule has 1 aromatic rings. The molecule has 0 amide bonds. The minimum atomic E-state index is 0.194. The Hall–Kier alpha value is -0.850. The summed E-state index contributed by atoms with van der Waals surface area (Å²) in [6.07, 6.45) is 22.4. The molecule has 0 nitrogen and oxygen atoms in total. The molecule has 174 valence electrons. The molecule has 0 radical (unpaired) electrons. The van der Waals surface area contributed by atoms with Crippen molar-refractivity contribution in [3.8, 4) is 0 Å². The highest BCUT2D eigenvalue weighted by Gasteiger charge is 2.37. The fourth-order valence-electron chi connectivity index (χ4n) is 7.35. The van der Waals surface area contributed by atoms with Crippen LogP contribution in [0, 0.1) is 29.5 Å². The van der Waals surface area contributed by atoms with Crippen molar-refractivity contribution in [1.29, 1.82) is 0 Å². The standard InChI is InChI=1S/C30H47F/c1-3-5-7-8-10-23-11-13-25-21-27(15-14-24(25)19-23)29-18-16-26-20-22(9-6-4-2)12-17-28(26)30(29)31/h16,18,22-25,27H,3-15,17,19-21H2,1-2H3. The topological polar surface area (TPSA) is 0 Å². The predicted octanol–water partition coefficient (Wildman–Crippen LogP) is 9.39. The van der Waals surface area contributed by atoms with E-state index in [4.69, 9.17) is 0 Å². The summed E-state index contributed by atoms with van der Waals surface area (Å²) in [4.78, 5) is 0. The van der Waals surface area contributed by atoms with E-state index in [2.05, 4.69) is 26.0 Å². The van der Waals surface area contributed by atoms with Crippen LogP contribution in [0.2, 0.25) is 0 Å². The van der Waals surface area contributed by atoms with Crippen LogP contribution in [0.4, 0.5) is 4.39 Å². The van der Waals surface area contributed by atoms with E-state index in [0.717, 1.165) is 47.6 Å². The second kappa shape index (κ2) is 11.3. The normalized spacial score (nSPS) is 30.6. The maximum absolute atomic E-state index is 15.6. The van der Waals surface area contributed by atoms with Crippen molar-refractivity contribution in [1.82, 2.24) is 0 Å². The Morgan fingerprint density at radius 3 is 2.39 bits per heavy atom. The van der Waals surface area contributed by atoms with Crippen molar-refractivity contribution in [2.45, 2.75) is 129 Å². The minimum absolute atomic E-state index is 0.194. The highest BCUT2D eigenvalue weighted by atomic mass is 19.1. The van der Waals surface area contributed by atoms with Crippen molar-refractivity contribution >= 4 is 0 Å². The van der Waals surface area contributed by atoms with Crippen molar-refractivity contribution < 1.29 is 4.39 Å². The molecule has 0 heterocycles. The highest BCUT2D eigenvalue weighted by molar-refractivity contribution is 5.38. The molecule has 0 saturated heterocycles. The van der Waals surface area contributed by atoms with Gasteiger partial charge in [0.05, 0.1) is 0 Å². The zero-order valence-electron chi connectivity index (χ0n) is 20.4. The quantitative estimate of drug-likeness (QED) is 0.345. The lowest BCUT2D eigenvalue weighted by atomic mass is 9.63. The first-order chi connectivity index (χ1) is 15.2. The maximum atomic E-state index is 15.6. The summed E-state index contributed by atoms with van der Waals surface area (Å²) in [6.45, 7) is 4.58. The summed E-state index contributed by atoms with van der Waals surface area (Å²) < 4.78 is 15.6. The van der Waals surface area contributed by atoms with Gasteiger partial charge in [0, 0.05) is 0 Å². The molecule has 0 spiro atoms. The Kier molecular flexibility index (Phi) is 8.52. The van der Waals surface area contributed by atoms with Crippen LogP contribution in [0.3, 0.4) is 0 Å². The Morgan fingerprint density at radius 1 is 0.774 bits per heavy atom. The van der Waals surface area contributed by atoms with Gasteiger partial charge >= 0.3 is 0 Å². The third kappa shape index (κ3) is 5.75. The van der Waals surface area contributed by atoms with Gasteiger partial charge in [0.15, 0.2) is 0 Å². The molecule has 0 aliphatic heterocycles. The largest absolute Gasteiger partial charge is 0.206 e. The average molecular weight is 427 g/mol. The van der Waals surface area contributed by atoms with Crippen LogP contribution in [-0.2, 0) is 12.8 Å². The molecule has 1 heteroatoms. The van der Waals surface area contributed by atoms with Crippen molar-refractivity contribution in [3.05, 3.63) is 34.6 Å². The van der Waals surface area contributed by atoms with Crippen LogP contribution in [0.1, 0.15) is 133 Å². The van der Waals surface area contributed by atoms with E-state index in [1.807, 2.05) is 0 Å². The van der Waals surface area contributed by atoms with Gasteiger partial charge in [-0.2, -0.15) is 0 Å². The number of rotatable bonds is 9. The second-order valence-electron chi connectivity index (χ2n) is 11.4. The summed E-state index contributed by atoms with van der Waals surface area (Å²) in [7, 11) is 0. The molecular weight excluding hydrogens is 379 g/mol. The van der Waals surface area contributed by atoms with Crippen LogP contribution < -0.4 is 0 Å². The first-order valence-electron chi connectivity index (χ1n) is 14.0. The summed E-state index contributed by atoms with van der Waals surface area (Å²) >= 11 is 0. The van der Waals surface area contributed by atoms with Gasteiger partial charge in [-0.25, -0.2) is 4.39 Å². The van der Waals surface area contributed by atoms with Crippen LogP contribution in [0.5, 0.6) is 0 Å². The van der Waals surface area contributed by atoms with Crippen molar-refractivity contribution in [3.63, 3.8) is 0 Å². The van der Waals surface area contributed by atoms with Crippen molar-refractivity contribution in [2.75, 3.05) is 0 Å². The Bertz CT molecular complexity index is 692. The SMILES string of the molecule is CCCCCCC1CCC2CC(c3ccc4c(c3F)CCC(CCCC)C4)CCC2C1. The van der Waals surface area contributed by atoms with E-state index in [1.165, 1.54) is 102 Å². The van der Waals surface area contributed by atoms with Gasteiger partial charge in [-0.1, -0.05) is 83.8 Å². The van der Waals surface area contributed by atoms with Crippen LogP contribution in [0.25, 0.3) is 0 Å². The molecule has 1 aromatic carbocycles. The molecule has 4 rings (SSSR count). The molecule has 2 saturated carbocycles. The Morgan fingerprint density at radius 2 is 1.55 bits per heavy atom. The molecular formula is C30H47F. The summed E-state index contributed by atoms with van der Waals surface area (Å²) in [5, 5.41) is 0. The zero-order chi connectivity index (χ0) is 21.6. The monoisotopic (exact) mass is 426 g/mol. The fourth-order valence-corrected chi connectivity index (χ4v) is 7.35. The van der Waals surface area contributed by atoms with Gasteiger partial charge in [0.2, 0.25) is 0 Å². The zero-order valence-corrected chi connectivity index (χ0v) is 20.4. The molecule has 5 atom stereocenters. The van der Waals surface area contributed by atoms with Crippen LogP contribution >= 0.6 is 0 Å². The van der Waals surface area contributed by atoms with E-state index in [9.17, 15) is 0 Å². The number of benzene rings is 1. The van der Waals surface area contributed by atoms with E-state index in [1.54, 1.807) is 0 Å². The van der Waals surface area contributed by atoms with Gasteiger partial charge < -0.3 is 0 Å². The first-order valence-corrected chi connectivity index (χ1v) is 14.0. The summed E-state index contributed by atoms with van der Waals surface area (Å²) in [5.74, 6) is 4.23. The predicted molar refractivity (Wildman–Crippen MR) is 131 cm³/mol. The molecule has 3 aliphatic rings. The van der Waals surface area contributed by atoms with Gasteiger partial charge in [-0.3, -0.25) is 0 Å². The fraction of sp³-hybridized carbons (Fsp3) is 0.800. The highest BCUT2D eigenvalue weighted by Crippen LogP contribution is 2.49. The lowest BCUT2D eigenvalue weighted by Crippen LogP contribution is -2.31. The molecule has 3 aliphatic carbocycles. The third-order valence-corrected chi connectivity index (χ3v) is 9.27. The first kappa shape index (κ1) is 23.3. The summed E-state index contributed by atoms with van der Waals surface area (Å²) in [5.41, 5.74) is 3.49. The number of hydrogen-bond donors (Lipinski definition) is 0. The van der Waals surface area contributed by atoms with Crippen molar-refractivity contribution in [2.24, 2.45) is 23.7 Å². The summed E-state index contributed by atoms with van der Waals surface area (Å²) in [6, 6.07) is 4.51. The molecule has 0 aromatic heterocycles. The molecule has 31 heavy (non-hydrogen) atoms. The number of unbranched alkanes of at least 4 members (excludes halogenated alkanes) is 4. The molecule has 2 fully saturated rings. The van der Waals surface area contributed by atoms with Gasteiger partial charge in [0.25, 0.3) is 0 Å². The molecule has 0 N–H and O–H groups in total. The van der Waals surface area contributed by atoms with E-state index in [-0.39, 0.29) is 5.82 Å². The van der Waals surface area contributed by atoms with Crippen LogP contribution in [-0.4, -0.2) is 0 Å². The number of hydrogen-bond acceptors (Lipinski definition) is 0.